The molecule has 0 fully saturated rings. The summed E-state index contributed by atoms with van der Waals surface area (Å²) in [5.41, 5.74) is 8.39. The highest BCUT2D eigenvalue weighted by atomic mass is 16.2. The lowest BCUT2D eigenvalue weighted by Gasteiger charge is -2.21. The molecule has 0 saturated heterocycles. The maximum atomic E-state index is 12.2. The minimum Gasteiger partial charge on any atom is -0.356 e. The van der Waals surface area contributed by atoms with Crippen LogP contribution in [0.4, 0.5) is 5.69 Å². The molecule has 4 aromatic rings. The van der Waals surface area contributed by atoms with Crippen molar-refractivity contribution in [2.24, 2.45) is 0 Å². The predicted molar refractivity (Wildman–Crippen MR) is 149 cm³/mol. The average molecular weight is 491 g/mol. The van der Waals surface area contributed by atoms with Gasteiger partial charge in [-0.25, -0.2) is 0 Å². The van der Waals surface area contributed by atoms with Gasteiger partial charge in [-0.1, -0.05) is 72.8 Å². The lowest BCUT2D eigenvalue weighted by atomic mass is 9.84. The standard InChI is InChI=1S/C32H30N2O3/c1-21(35)25-11-7-12-26(19-25)30-16-15-29(24-9-5-4-6-10-24)31(17-18-33-22(2)36)32(30)27-13-8-14-28(20-27)34-23(3)37/h4-16,19-20H,17-18H2,1-3H3,(H,33,36)(H,34,37). The summed E-state index contributed by atoms with van der Waals surface area (Å²) in [5.74, 6) is -0.223. The maximum absolute atomic E-state index is 12.2. The summed E-state index contributed by atoms with van der Waals surface area (Å²) in [5, 5.41) is 5.81. The van der Waals surface area contributed by atoms with E-state index in [-0.39, 0.29) is 17.6 Å². The number of carbonyl (C=O) groups excluding carboxylic acids is 3. The van der Waals surface area contributed by atoms with E-state index in [4.69, 9.17) is 0 Å². The predicted octanol–water partition coefficient (Wildman–Crippen LogP) is 6.53. The van der Waals surface area contributed by atoms with Gasteiger partial charge in [0.1, 0.15) is 0 Å². The molecule has 0 aliphatic rings. The largest absolute Gasteiger partial charge is 0.356 e. The molecule has 0 spiro atoms. The van der Waals surface area contributed by atoms with Crippen LogP contribution in [0.25, 0.3) is 33.4 Å². The van der Waals surface area contributed by atoms with Crippen molar-refractivity contribution < 1.29 is 14.4 Å². The molecule has 186 valence electrons. The third-order valence-electron chi connectivity index (χ3n) is 6.20. The van der Waals surface area contributed by atoms with Crippen molar-refractivity contribution in [3.05, 3.63) is 102 Å². The summed E-state index contributed by atoms with van der Waals surface area (Å²) in [6.07, 6.45) is 0.601. The third-order valence-corrected chi connectivity index (χ3v) is 6.20. The van der Waals surface area contributed by atoms with Crippen LogP contribution in [0.3, 0.4) is 0 Å². The molecule has 0 heterocycles. The van der Waals surface area contributed by atoms with Crippen LogP contribution in [-0.2, 0) is 16.0 Å². The van der Waals surface area contributed by atoms with Crippen LogP contribution < -0.4 is 10.6 Å². The normalized spacial score (nSPS) is 10.6. The van der Waals surface area contributed by atoms with Gasteiger partial charge in [-0.05, 0) is 70.5 Å². The van der Waals surface area contributed by atoms with Crippen molar-refractivity contribution >= 4 is 23.3 Å². The Hall–Kier alpha value is -4.51. The Morgan fingerprint density at radius 2 is 1.32 bits per heavy atom. The van der Waals surface area contributed by atoms with E-state index in [0.29, 0.717) is 24.2 Å². The van der Waals surface area contributed by atoms with Crippen LogP contribution in [0.15, 0.2) is 91.0 Å². The molecule has 37 heavy (non-hydrogen) atoms. The molecule has 0 bridgehead atoms. The number of Topliss-reactive ketones (excluding diaryl/α,β-unsaturated/α-hetero) is 1. The fraction of sp³-hybridized carbons (Fsp3) is 0.156. The number of nitrogens with one attached hydrogen (secondary N) is 2. The van der Waals surface area contributed by atoms with Gasteiger partial charge in [0.15, 0.2) is 5.78 Å². The van der Waals surface area contributed by atoms with E-state index >= 15 is 0 Å². The van der Waals surface area contributed by atoms with Crippen molar-refractivity contribution in [3.8, 4) is 33.4 Å². The first-order valence-electron chi connectivity index (χ1n) is 12.3. The van der Waals surface area contributed by atoms with E-state index in [9.17, 15) is 14.4 Å². The Morgan fingerprint density at radius 1 is 0.649 bits per heavy atom. The molecular weight excluding hydrogens is 460 g/mol. The SMILES string of the molecule is CC(=O)NCCc1c(-c2ccccc2)ccc(-c2cccc(C(C)=O)c2)c1-c1cccc(NC(C)=O)c1. The van der Waals surface area contributed by atoms with Crippen LogP contribution in [0.5, 0.6) is 0 Å². The van der Waals surface area contributed by atoms with Crippen molar-refractivity contribution in [3.63, 3.8) is 0 Å². The number of hydrogen-bond acceptors (Lipinski definition) is 3. The number of hydrogen-bond donors (Lipinski definition) is 2. The van der Waals surface area contributed by atoms with Crippen LogP contribution in [0.2, 0.25) is 0 Å². The first-order chi connectivity index (χ1) is 17.8. The Balaban J connectivity index is 2.01. The molecule has 4 aromatic carbocycles. The number of benzene rings is 4. The van der Waals surface area contributed by atoms with Gasteiger partial charge in [0.05, 0.1) is 0 Å². The first kappa shape index (κ1) is 25.6. The van der Waals surface area contributed by atoms with Gasteiger partial charge >= 0.3 is 0 Å². The van der Waals surface area contributed by atoms with Gasteiger partial charge in [-0.15, -0.1) is 0 Å². The Kier molecular flexibility index (Phi) is 7.94. The minimum atomic E-state index is -0.143. The zero-order valence-corrected chi connectivity index (χ0v) is 21.3. The lowest BCUT2D eigenvalue weighted by molar-refractivity contribution is -0.119. The summed E-state index contributed by atoms with van der Waals surface area (Å²) in [7, 11) is 0. The fourth-order valence-electron chi connectivity index (χ4n) is 4.59. The summed E-state index contributed by atoms with van der Waals surface area (Å²) in [6.45, 7) is 5.04. The van der Waals surface area contributed by atoms with E-state index in [1.165, 1.54) is 13.8 Å². The van der Waals surface area contributed by atoms with Crippen molar-refractivity contribution in [1.29, 1.82) is 0 Å². The monoisotopic (exact) mass is 490 g/mol. The summed E-state index contributed by atoms with van der Waals surface area (Å²) in [6, 6.07) is 29.7. The quantitative estimate of drug-likeness (QED) is 0.276. The second-order valence-corrected chi connectivity index (χ2v) is 9.01. The third kappa shape index (κ3) is 6.19. The van der Waals surface area contributed by atoms with Crippen LogP contribution >= 0.6 is 0 Å². The molecule has 2 amide bonds. The van der Waals surface area contributed by atoms with E-state index in [1.807, 2.05) is 66.7 Å². The van der Waals surface area contributed by atoms with Crippen molar-refractivity contribution in [2.75, 3.05) is 11.9 Å². The van der Waals surface area contributed by atoms with Gasteiger partial charge in [0.25, 0.3) is 0 Å². The molecule has 0 aliphatic carbocycles. The van der Waals surface area contributed by atoms with E-state index in [1.54, 1.807) is 6.92 Å². The van der Waals surface area contributed by atoms with Crippen molar-refractivity contribution in [1.82, 2.24) is 5.32 Å². The highest BCUT2D eigenvalue weighted by Crippen LogP contribution is 2.41. The maximum Gasteiger partial charge on any atom is 0.221 e. The molecule has 0 unspecified atom stereocenters. The van der Waals surface area contributed by atoms with E-state index in [0.717, 1.165) is 38.9 Å². The Bertz CT molecular complexity index is 1460. The van der Waals surface area contributed by atoms with Crippen LogP contribution in [-0.4, -0.2) is 24.1 Å². The summed E-state index contributed by atoms with van der Waals surface area (Å²) in [4.78, 5) is 35.6. The Morgan fingerprint density at radius 3 is 2.03 bits per heavy atom. The molecule has 0 radical (unpaired) electrons. The zero-order chi connectivity index (χ0) is 26.4. The second-order valence-electron chi connectivity index (χ2n) is 9.01. The topological polar surface area (TPSA) is 75.3 Å². The highest BCUT2D eigenvalue weighted by molar-refractivity contribution is 5.98. The molecule has 0 saturated carbocycles. The van der Waals surface area contributed by atoms with E-state index < -0.39 is 0 Å². The highest BCUT2D eigenvalue weighted by Gasteiger charge is 2.19. The number of rotatable bonds is 8. The smallest absolute Gasteiger partial charge is 0.221 e. The number of amides is 2. The fourth-order valence-corrected chi connectivity index (χ4v) is 4.59. The molecule has 0 atom stereocenters. The molecular formula is C32H30N2O3. The lowest BCUT2D eigenvalue weighted by Crippen LogP contribution is -2.22. The van der Waals surface area contributed by atoms with Crippen molar-refractivity contribution in [2.45, 2.75) is 27.2 Å². The van der Waals surface area contributed by atoms with Gasteiger partial charge in [0, 0.05) is 31.6 Å². The van der Waals surface area contributed by atoms with Gasteiger partial charge in [-0.2, -0.15) is 0 Å². The average Bonchev–Trinajstić information content (AvgIpc) is 2.88. The zero-order valence-electron chi connectivity index (χ0n) is 21.3. The van der Waals surface area contributed by atoms with Gasteiger partial charge < -0.3 is 10.6 Å². The summed E-state index contributed by atoms with van der Waals surface area (Å²) >= 11 is 0. The molecule has 5 nitrogen and oxygen atoms in total. The number of anilines is 1. The number of carbonyl (C=O) groups is 3. The molecule has 4 rings (SSSR count). The first-order valence-corrected chi connectivity index (χ1v) is 12.3. The minimum absolute atomic E-state index is 0.00263. The molecule has 0 aromatic heterocycles. The number of ketones is 1. The van der Waals surface area contributed by atoms with Gasteiger partial charge in [0.2, 0.25) is 11.8 Å². The molecule has 0 aliphatic heterocycles. The second kappa shape index (κ2) is 11.5. The Labute approximate surface area is 217 Å². The van der Waals surface area contributed by atoms with Crippen LogP contribution in [0, 0.1) is 0 Å². The summed E-state index contributed by atoms with van der Waals surface area (Å²) < 4.78 is 0. The molecule has 2 N–H and O–H groups in total. The van der Waals surface area contributed by atoms with Gasteiger partial charge in [-0.3, -0.25) is 14.4 Å². The van der Waals surface area contributed by atoms with E-state index in [2.05, 4.69) is 34.9 Å². The van der Waals surface area contributed by atoms with Crippen LogP contribution in [0.1, 0.15) is 36.7 Å². The molecule has 5 heteroatoms.